The Labute approximate surface area is 114 Å². The van der Waals surface area contributed by atoms with Crippen molar-refractivity contribution in [2.24, 2.45) is 0 Å². The molecule has 0 bridgehead atoms. The Hall–Kier alpha value is -1.55. The van der Waals surface area contributed by atoms with Gasteiger partial charge in [-0.05, 0) is 37.8 Å². The lowest BCUT2D eigenvalue weighted by molar-refractivity contribution is -0.123. The van der Waals surface area contributed by atoms with E-state index in [4.69, 9.17) is 10.5 Å². The summed E-state index contributed by atoms with van der Waals surface area (Å²) < 4.78 is 5.32. The van der Waals surface area contributed by atoms with Crippen molar-refractivity contribution in [3.63, 3.8) is 0 Å². The van der Waals surface area contributed by atoms with Crippen LogP contribution >= 0.6 is 0 Å². The minimum atomic E-state index is -0.114. The van der Waals surface area contributed by atoms with Crippen molar-refractivity contribution < 1.29 is 9.53 Å². The first-order valence-corrected chi connectivity index (χ1v) is 6.81. The van der Waals surface area contributed by atoms with E-state index in [0.29, 0.717) is 12.8 Å². The number of carbonyl (C=O) groups is 1. The summed E-state index contributed by atoms with van der Waals surface area (Å²) in [5, 5.41) is 3.13. The zero-order valence-corrected chi connectivity index (χ0v) is 11.4. The molecule has 4 heteroatoms. The number of aryl methyl sites for hydroxylation is 1. The Bertz CT molecular complexity index is 440. The minimum absolute atomic E-state index is 0.0904. The largest absolute Gasteiger partial charge is 0.399 e. The third-order valence-corrected chi connectivity index (χ3v) is 3.71. The van der Waals surface area contributed by atoms with Crippen LogP contribution < -0.4 is 11.1 Å². The van der Waals surface area contributed by atoms with Gasteiger partial charge in [-0.3, -0.25) is 4.79 Å². The van der Waals surface area contributed by atoms with Gasteiger partial charge in [-0.15, -0.1) is 0 Å². The number of nitrogens with one attached hydrogen (secondary N) is 1. The van der Waals surface area contributed by atoms with Crippen LogP contribution in [0.3, 0.4) is 0 Å². The van der Waals surface area contributed by atoms with Gasteiger partial charge in [0, 0.05) is 30.9 Å². The summed E-state index contributed by atoms with van der Waals surface area (Å²) >= 11 is 0. The maximum Gasteiger partial charge on any atom is 0.220 e. The van der Waals surface area contributed by atoms with E-state index >= 15 is 0 Å². The van der Waals surface area contributed by atoms with Crippen LogP contribution in [0.15, 0.2) is 24.3 Å². The second kappa shape index (κ2) is 6.06. The molecule has 0 atom stereocenters. The molecule has 0 radical (unpaired) electrons. The standard InChI is InChI=1S/C15H22N2O2/c1-15(8-10-19-11-9-15)17-14(18)7-6-12-4-2-3-5-13(12)16/h2-5H,6-11,16H2,1H3,(H,17,18). The number of nitrogen functional groups attached to an aromatic ring is 1. The van der Waals surface area contributed by atoms with Crippen molar-refractivity contribution in [1.82, 2.24) is 5.32 Å². The van der Waals surface area contributed by atoms with E-state index < -0.39 is 0 Å². The third-order valence-electron chi connectivity index (χ3n) is 3.71. The van der Waals surface area contributed by atoms with Gasteiger partial charge in [0.05, 0.1) is 0 Å². The van der Waals surface area contributed by atoms with Gasteiger partial charge in [0.15, 0.2) is 0 Å². The molecule has 1 aliphatic rings. The molecule has 0 unspecified atom stereocenters. The molecular formula is C15H22N2O2. The smallest absolute Gasteiger partial charge is 0.220 e. The van der Waals surface area contributed by atoms with Crippen LogP contribution in [0.4, 0.5) is 5.69 Å². The van der Waals surface area contributed by atoms with E-state index in [1.807, 2.05) is 24.3 Å². The van der Waals surface area contributed by atoms with Crippen LogP contribution in [0.25, 0.3) is 0 Å². The lowest BCUT2D eigenvalue weighted by Gasteiger charge is -2.34. The number of carbonyl (C=O) groups excluding carboxylic acids is 1. The monoisotopic (exact) mass is 262 g/mol. The minimum Gasteiger partial charge on any atom is -0.399 e. The van der Waals surface area contributed by atoms with E-state index in [1.165, 1.54) is 0 Å². The number of ether oxygens (including phenoxy) is 1. The van der Waals surface area contributed by atoms with Crippen molar-refractivity contribution in [3.8, 4) is 0 Å². The van der Waals surface area contributed by atoms with Crippen LogP contribution in [0.2, 0.25) is 0 Å². The molecule has 1 fully saturated rings. The van der Waals surface area contributed by atoms with E-state index in [-0.39, 0.29) is 11.4 Å². The highest BCUT2D eigenvalue weighted by atomic mass is 16.5. The van der Waals surface area contributed by atoms with Gasteiger partial charge in [0.25, 0.3) is 0 Å². The van der Waals surface area contributed by atoms with Gasteiger partial charge in [-0.1, -0.05) is 18.2 Å². The van der Waals surface area contributed by atoms with Crippen molar-refractivity contribution >= 4 is 11.6 Å². The van der Waals surface area contributed by atoms with Crippen molar-refractivity contribution in [2.75, 3.05) is 18.9 Å². The first kappa shape index (κ1) is 13.9. The quantitative estimate of drug-likeness (QED) is 0.814. The average Bonchev–Trinajstić information content (AvgIpc) is 2.38. The van der Waals surface area contributed by atoms with Crippen LogP contribution in [-0.4, -0.2) is 24.7 Å². The molecule has 1 aromatic rings. The van der Waals surface area contributed by atoms with Gasteiger partial charge < -0.3 is 15.8 Å². The highest BCUT2D eigenvalue weighted by Gasteiger charge is 2.28. The van der Waals surface area contributed by atoms with E-state index in [2.05, 4.69) is 12.2 Å². The van der Waals surface area contributed by atoms with Crippen molar-refractivity contribution in [2.45, 2.75) is 38.1 Å². The molecular weight excluding hydrogens is 240 g/mol. The molecule has 0 saturated carbocycles. The number of rotatable bonds is 4. The molecule has 1 saturated heterocycles. The number of amides is 1. The summed E-state index contributed by atoms with van der Waals surface area (Å²) in [5.74, 6) is 0.0904. The summed E-state index contributed by atoms with van der Waals surface area (Å²) in [6, 6.07) is 7.69. The second-order valence-electron chi connectivity index (χ2n) is 5.42. The molecule has 1 heterocycles. The van der Waals surface area contributed by atoms with Gasteiger partial charge in [-0.25, -0.2) is 0 Å². The normalized spacial score (nSPS) is 17.9. The number of nitrogens with two attached hydrogens (primary N) is 1. The van der Waals surface area contributed by atoms with E-state index in [1.54, 1.807) is 0 Å². The lowest BCUT2D eigenvalue weighted by atomic mass is 9.92. The Morgan fingerprint density at radius 3 is 2.74 bits per heavy atom. The number of hydrogen-bond acceptors (Lipinski definition) is 3. The Balaban J connectivity index is 1.83. The zero-order chi connectivity index (χ0) is 13.7. The first-order valence-electron chi connectivity index (χ1n) is 6.81. The maximum absolute atomic E-state index is 12.0. The average molecular weight is 262 g/mol. The Kier molecular flexibility index (Phi) is 4.43. The van der Waals surface area contributed by atoms with Crippen LogP contribution in [0.5, 0.6) is 0 Å². The van der Waals surface area contributed by atoms with E-state index in [0.717, 1.165) is 37.3 Å². The highest BCUT2D eigenvalue weighted by Crippen LogP contribution is 2.20. The number of benzene rings is 1. The number of anilines is 1. The second-order valence-corrected chi connectivity index (χ2v) is 5.42. The van der Waals surface area contributed by atoms with E-state index in [9.17, 15) is 4.79 Å². The molecule has 1 amide bonds. The number of hydrogen-bond donors (Lipinski definition) is 2. The fourth-order valence-corrected chi connectivity index (χ4v) is 2.36. The highest BCUT2D eigenvalue weighted by molar-refractivity contribution is 5.77. The topological polar surface area (TPSA) is 64.4 Å². The maximum atomic E-state index is 12.0. The van der Waals surface area contributed by atoms with Crippen LogP contribution in [0, 0.1) is 0 Å². The Morgan fingerprint density at radius 1 is 1.37 bits per heavy atom. The first-order chi connectivity index (χ1) is 9.09. The van der Waals surface area contributed by atoms with Crippen LogP contribution in [-0.2, 0) is 16.0 Å². The fourth-order valence-electron chi connectivity index (χ4n) is 2.36. The molecule has 4 nitrogen and oxygen atoms in total. The predicted molar refractivity (Wildman–Crippen MR) is 75.8 cm³/mol. The third kappa shape index (κ3) is 3.96. The van der Waals surface area contributed by atoms with Crippen molar-refractivity contribution in [1.29, 1.82) is 0 Å². The Morgan fingerprint density at radius 2 is 2.05 bits per heavy atom. The van der Waals surface area contributed by atoms with Gasteiger partial charge in [0.2, 0.25) is 5.91 Å². The fraction of sp³-hybridized carbons (Fsp3) is 0.533. The SMILES string of the molecule is CC1(NC(=O)CCc2ccccc2N)CCOCC1. The van der Waals surface area contributed by atoms with Gasteiger partial charge in [0.1, 0.15) is 0 Å². The summed E-state index contributed by atoms with van der Waals surface area (Å²) in [7, 11) is 0. The summed E-state index contributed by atoms with van der Waals surface area (Å²) in [6.07, 6.45) is 2.92. The predicted octanol–water partition coefficient (Wildman–Crippen LogP) is 1.89. The molecule has 0 aliphatic carbocycles. The van der Waals surface area contributed by atoms with Crippen molar-refractivity contribution in [3.05, 3.63) is 29.8 Å². The molecule has 0 aromatic heterocycles. The number of para-hydroxylation sites is 1. The lowest BCUT2D eigenvalue weighted by Crippen LogP contribution is -2.49. The van der Waals surface area contributed by atoms with Gasteiger partial charge >= 0.3 is 0 Å². The molecule has 1 aromatic carbocycles. The summed E-state index contributed by atoms with van der Waals surface area (Å²) in [4.78, 5) is 12.0. The van der Waals surface area contributed by atoms with Crippen LogP contribution in [0.1, 0.15) is 31.7 Å². The molecule has 3 N–H and O–H groups in total. The summed E-state index contributed by atoms with van der Waals surface area (Å²) in [6.45, 7) is 3.54. The molecule has 2 rings (SSSR count). The molecule has 0 spiro atoms. The zero-order valence-electron chi connectivity index (χ0n) is 11.4. The molecule has 104 valence electrons. The van der Waals surface area contributed by atoms with Gasteiger partial charge in [-0.2, -0.15) is 0 Å². The molecule has 1 aliphatic heterocycles. The summed E-state index contributed by atoms with van der Waals surface area (Å²) in [5.41, 5.74) is 7.55. The molecule has 19 heavy (non-hydrogen) atoms.